The molecular formula is C20H20N2O2S. The van der Waals surface area contributed by atoms with Gasteiger partial charge in [-0.2, -0.15) is 11.8 Å². The molecule has 2 aromatic heterocycles. The number of oxazole rings is 1. The van der Waals surface area contributed by atoms with Gasteiger partial charge in [0.25, 0.3) is 5.89 Å². The Morgan fingerprint density at radius 3 is 2.64 bits per heavy atom. The number of nitrogens with zero attached hydrogens (tertiary/aromatic N) is 2. The van der Waals surface area contributed by atoms with Crippen LogP contribution in [0, 0.1) is 0 Å². The fourth-order valence-electron chi connectivity index (χ4n) is 2.39. The van der Waals surface area contributed by atoms with Gasteiger partial charge in [-0.15, -0.1) is 0 Å². The van der Waals surface area contributed by atoms with E-state index in [0.29, 0.717) is 17.9 Å². The van der Waals surface area contributed by atoms with Crippen molar-refractivity contribution >= 4 is 17.5 Å². The Bertz CT molecular complexity index is 788. The molecule has 4 nitrogen and oxygen atoms in total. The van der Waals surface area contributed by atoms with E-state index in [1.807, 2.05) is 36.0 Å². The van der Waals surface area contributed by atoms with Crippen LogP contribution in [0.2, 0.25) is 0 Å². The number of hydrogen-bond acceptors (Lipinski definition) is 5. The fraction of sp³-hybridized carbons (Fsp3) is 0.250. The van der Waals surface area contributed by atoms with Crippen molar-refractivity contribution in [2.75, 3.05) is 5.75 Å². The topological polar surface area (TPSA) is 56.0 Å². The van der Waals surface area contributed by atoms with Gasteiger partial charge in [0.2, 0.25) is 5.78 Å². The van der Waals surface area contributed by atoms with Gasteiger partial charge in [-0.25, -0.2) is 4.98 Å². The van der Waals surface area contributed by atoms with Crippen molar-refractivity contribution < 1.29 is 9.21 Å². The zero-order valence-corrected chi connectivity index (χ0v) is 14.7. The molecule has 0 fully saturated rings. The molecule has 3 aromatic rings. The maximum Gasteiger partial charge on any atom is 0.263 e. The smallest absolute Gasteiger partial charge is 0.263 e. The average molecular weight is 352 g/mol. The molecule has 0 spiro atoms. The second-order valence-electron chi connectivity index (χ2n) is 5.66. The monoisotopic (exact) mass is 352 g/mol. The lowest BCUT2D eigenvalue weighted by Gasteiger charge is -2.01. The van der Waals surface area contributed by atoms with Crippen LogP contribution in [-0.2, 0) is 5.75 Å². The zero-order chi connectivity index (χ0) is 17.3. The van der Waals surface area contributed by atoms with E-state index >= 15 is 0 Å². The SMILES string of the molecule is O=C(CCCCSCc1ccccc1)c1ncc(-c2ccccn2)o1. The normalized spacial score (nSPS) is 10.7. The average Bonchev–Trinajstić information content (AvgIpc) is 3.16. The van der Waals surface area contributed by atoms with Crippen LogP contribution in [0.5, 0.6) is 0 Å². The highest BCUT2D eigenvalue weighted by Crippen LogP contribution is 2.19. The summed E-state index contributed by atoms with van der Waals surface area (Å²) in [5.74, 6) is 2.73. The molecule has 2 heterocycles. The first-order chi connectivity index (χ1) is 12.3. The predicted octanol–water partition coefficient (Wildman–Crippen LogP) is 5.02. The maximum atomic E-state index is 12.2. The molecule has 3 rings (SSSR count). The summed E-state index contributed by atoms with van der Waals surface area (Å²) in [7, 11) is 0. The van der Waals surface area contributed by atoms with Gasteiger partial charge < -0.3 is 4.42 Å². The largest absolute Gasteiger partial charge is 0.432 e. The number of unbranched alkanes of at least 4 members (excludes halogenated alkanes) is 1. The van der Waals surface area contributed by atoms with Gasteiger partial charge in [0.05, 0.1) is 6.20 Å². The number of rotatable bonds is 9. The molecule has 0 amide bonds. The molecule has 0 aliphatic heterocycles. The van der Waals surface area contributed by atoms with Gasteiger partial charge >= 0.3 is 0 Å². The number of thioether (sulfide) groups is 1. The third kappa shape index (κ3) is 5.29. The number of carbonyl (C=O) groups is 1. The minimum absolute atomic E-state index is 0.0461. The van der Waals surface area contributed by atoms with E-state index in [4.69, 9.17) is 4.42 Å². The molecule has 128 valence electrons. The highest BCUT2D eigenvalue weighted by atomic mass is 32.2. The summed E-state index contributed by atoms with van der Waals surface area (Å²) in [6.07, 6.45) is 5.57. The molecule has 0 atom stereocenters. The molecule has 0 radical (unpaired) electrons. The van der Waals surface area contributed by atoms with Crippen LogP contribution in [0.15, 0.2) is 65.3 Å². The number of benzene rings is 1. The van der Waals surface area contributed by atoms with Gasteiger partial charge in [0, 0.05) is 18.4 Å². The number of Topliss-reactive ketones (excluding diaryl/α,β-unsaturated/α-hetero) is 1. The van der Waals surface area contributed by atoms with E-state index in [2.05, 4.69) is 34.2 Å². The van der Waals surface area contributed by atoms with E-state index < -0.39 is 0 Å². The Hall–Kier alpha value is -2.40. The maximum absolute atomic E-state index is 12.2. The molecule has 0 unspecified atom stereocenters. The highest BCUT2D eigenvalue weighted by molar-refractivity contribution is 7.98. The van der Waals surface area contributed by atoms with Crippen LogP contribution in [-0.4, -0.2) is 21.5 Å². The van der Waals surface area contributed by atoms with Crippen LogP contribution in [0.25, 0.3) is 11.5 Å². The number of pyridine rings is 1. The molecule has 0 aliphatic carbocycles. The highest BCUT2D eigenvalue weighted by Gasteiger charge is 2.14. The third-order valence-electron chi connectivity index (χ3n) is 3.72. The molecule has 0 saturated carbocycles. The van der Waals surface area contributed by atoms with Crippen molar-refractivity contribution in [3.8, 4) is 11.5 Å². The molecule has 0 aliphatic rings. The van der Waals surface area contributed by atoms with E-state index in [1.54, 1.807) is 12.4 Å². The summed E-state index contributed by atoms with van der Waals surface area (Å²) >= 11 is 1.90. The summed E-state index contributed by atoms with van der Waals surface area (Å²) in [6.45, 7) is 0. The lowest BCUT2D eigenvalue weighted by atomic mass is 10.2. The molecule has 0 saturated heterocycles. The van der Waals surface area contributed by atoms with E-state index in [9.17, 15) is 4.79 Å². The summed E-state index contributed by atoms with van der Waals surface area (Å²) in [5.41, 5.74) is 2.02. The van der Waals surface area contributed by atoms with Crippen molar-refractivity contribution in [3.63, 3.8) is 0 Å². The number of hydrogen-bond donors (Lipinski definition) is 0. The lowest BCUT2D eigenvalue weighted by Crippen LogP contribution is -1.99. The van der Waals surface area contributed by atoms with Gasteiger partial charge in [0.1, 0.15) is 5.69 Å². The number of carbonyl (C=O) groups excluding carboxylic acids is 1. The Labute approximate surface area is 151 Å². The van der Waals surface area contributed by atoms with Crippen molar-refractivity contribution in [1.29, 1.82) is 0 Å². The lowest BCUT2D eigenvalue weighted by molar-refractivity contribution is 0.0947. The zero-order valence-electron chi connectivity index (χ0n) is 13.9. The second-order valence-corrected chi connectivity index (χ2v) is 6.77. The quantitative estimate of drug-likeness (QED) is 0.400. The standard InChI is InChI=1S/C20H20N2O2S/c23-18(11-5-7-13-25-15-16-8-2-1-3-9-16)20-22-14-19(24-20)17-10-4-6-12-21-17/h1-4,6,8-10,12,14H,5,7,11,13,15H2. The minimum atomic E-state index is -0.0461. The molecule has 5 heteroatoms. The van der Waals surface area contributed by atoms with Gasteiger partial charge in [-0.1, -0.05) is 36.4 Å². The van der Waals surface area contributed by atoms with Crippen LogP contribution < -0.4 is 0 Å². The first-order valence-electron chi connectivity index (χ1n) is 8.35. The van der Waals surface area contributed by atoms with Gasteiger partial charge in [-0.3, -0.25) is 9.78 Å². The van der Waals surface area contributed by atoms with E-state index in [-0.39, 0.29) is 11.7 Å². The minimum Gasteiger partial charge on any atom is -0.432 e. The van der Waals surface area contributed by atoms with Crippen LogP contribution in [0.4, 0.5) is 0 Å². The Morgan fingerprint density at radius 2 is 1.84 bits per heavy atom. The molecule has 1 aromatic carbocycles. The fourth-order valence-corrected chi connectivity index (χ4v) is 3.37. The molecule has 25 heavy (non-hydrogen) atoms. The van der Waals surface area contributed by atoms with Crippen molar-refractivity contribution in [2.24, 2.45) is 0 Å². The Balaban J connectivity index is 1.37. The Kier molecular flexibility index (Phi) is 6.40. The van der Waals surface area contributed by atoms with Gasteiger partial charge in [0.15, 0.2) is 5.76 Å². The van der Waals surface area contributed by atoms with E-state index in [1.165, 1.54) is 5.56 Å². The molecule has 0 bridgehead atoms. The van der Waals surface area contributed by atoms with E-state index in [0.717, 1.165) is 24.3 Å². The number of ketones is 1. The van der Waals surface area contributed by atoms with Gasteiger partial charge in [-0.05, 0) is 36.3 Å². The Morgan fingerprint density at radius 1 is 1.00 bits per heavy atom. The molecule has 0 N–H and O–H groups in total. The summed E-state index contributed by atoms with van der Waals surface area (Å²) < 4.78 is 5.54. The van der Waals surface area contributed by atoms with Crippen molar-refractivity contribution in [1.82, 2.24) is 9.97 Å². The second kappa shape index (κ2) is 9.18. The summed E-state index contributed by atoms with van der Waals surface area (Å²) in [6, 6.07) is 16.0. The van der Waals surface area contributed by atoms with Crippen molar-refractivity contribution in [2.45, 2.75) is 25.0 Å². The van der Waals surface area contributed by atoms with Crippen LogP contribution >= 0.6 is 11.8 Å². The predicted molar refractivity (Wildman–Crippen MR) is 101 cm³/mol. The molecular weight excluding hydrogens is 332 g/mol. The number of aromatic nitrogens is 2. The first-order valence-corrected chi connectivity index (χ1v) is 9.50. The van der Waals surface area contributed by atoms with Crippen LogP contribution in [0.3, 0.4) is 0 Å². The summed E-state index contributed by atoms with van der Waals surface area (Å²) in [4.78, 5) is 20.4. The first kappa shape index (κ1) is 17.4. The summed E-state index contributed by atoms with van der Waals surface area (Å²) in [5, 5.41) is 0. The van der Waals surface area contributed by atoms with Crippen molar-refractivity contribution in [3.05, 3.63) is 72.4 Å². The van der Waals surface area contributed by atoms with Crippen LogP contribution in [0.1, 0.15) is 35.5 Å². The third-order valence-corrected chi connectivity index (χ3v) is 4.83.